The van der Waals surface area contributed by atoms with E-state index in [2.05, 4.69) is 31.9 Å². The van der Waals surface area contributed by atoms with Crippen molar-refractivity contribution in [2.75, 3.05) is 0 Å². The van der Waals surface area contributed by atoms with E-state index >= 15 is 0 Å². The van der Waals surface area contributed by atoms with Gasteiger partial charge in [-0.05, 0) is 60.5 Å². The highest BCUT2D eigenvalue weighted by atomic mass is 127. The van der Waals surface area contributed by atoms with Crippen molar-refractivity contribution in [2.24, 2.45) is 0 Å². The molecule has 0 N–H and O–H groups in total. The lowest BCUT2D eigenvalue weighted by molar-refractivity contribution is 0.499. The van der Waals surface area contributed by atoms with E-state index in [1.165, 1.54) is 6.07 Å². The van der Waals surface area contributed by atoms with E-state index in [-0.39, 0.29) is 8.95 Å². The van der Waals surface area contributed by atoms with Gasteiger partial charge in [0.1, 0.15) is 0 Å². The molecule has 1 rings (SSSR count). The third-order valence-corrected chi connectivity index (χ3v) is 4.00. The third-order valence-electron chi connectivity index (χ3n) is 1.06. The van der Waals surface area contributed by atoms with Crippen molar-refractivity contribution < 1.29 is 8.78 Å². The smallest absolute Gasteiger partial charge is 0.175 e. The Bertz CT molecular complexity index is 275. The van der Waals surface area contributed by atoms with Gasteiger partial charge in [-0.15, -0.1) is 0 Å². The Morgan fingerprint density at radius 2 is 1.73 bits per heavy atom. The second kappa shape index (κ2) is 3.66. The highest BCUT2D eigenvalue weighted by Crippen LogP contribution is 2.29. The first-order valence-corrected chi connectivity index (χ1v) is 5.19. The fourth-order valence-electron chi connectivity index (χ4n) is 0.544. The Kier molecular flexibility index (Phi) is 3.27. The Balaban J connectivity index is 3.46. The number of benzene rings is 1. The molecule has 0 heterocycles. The minimum Gasteiger partial charge on any atom is -0.202 e. The number of hydrogen-bond donors (Lipinski definition) is 0. The number of hydrogen-bond acceptors (Lipinski definition) is 0. The molecule has 0 nitrogen and oxygen atoms in total. The molecule has 0 aromatic heterocycles. The van der Waals surface area contributed by atoms with Gasteiger partial charge >= 0.3 is 0 Å². The minimum absolute atomic E-state index is 0.141. The van der Waals surface area contributed by atoms with Crippen molar-refractivity contribution >= 4 is 54.5 Å². The van der Waals surface area contributed by atoms with E-state index in [4.69, 9.17) is 0 Å². The van der Waals surface area contributed by atoms with Crippen LogP contribution in [0.5, 0.6) is 0 Å². The predicted molar refractivity (Wildman–Crippen MR) is 54.5 cm³/mol. The molecule has 5 heteroatoms. The van der Waals surface area contributed by atoms with E-state index in [1.54, 1.807) is 0 Å². The van der Waals surface area contributed by atoms with Gasteiger partial charge in [0.15, 0.2) is 11.6 Å². The number of rotatable bonds is 0. The second-order valence-electron chi connectivity index (χ2n) is 1.78. The molecule has 11 heavy (non-hydrogen) atoms. The summed E-state index contributed by atoms with van der Waals surface area (Å²) in [5, 5.41) is 0. The summed E-state index contributed by atoms with van der Waals surface area (Å²) < 4.78 is 26.5. The molecule has 1 aromatic rings. The van der Waals surface area contributed by atoms with Crippen LogP contribution in [0.4, 0.5) is 8.78 Å². The van der Waals surface area contributed by atoms with Gasteiger partial charge in [-0.25, -0.2) is 8.78 Å². The van der Waals surface area contributed by atoms with Gasteiger partial charge in [0.05, 0.1) is 8.95 Å². The van der Waals surface area contributed by atoms with Gasteiger partial charge < -0.3 is 0 Å². The summed E-state index contributed by atoms with van der Waals surface area (Å²) in [6.45, 7) is 0. The quantitative estimate of drug-likeness (QED) is 0.351. The molecule has 0 radical (unpaired) electrons. The summed E-state index contributed by atoms with van der Waals surface area (Å²) in [6.07, 6.45) is 0. The zero-order valence-electron chi connectivity index (χ0n) is 4.97. The average Bonchev–Trinajstić information content (AvgIpc) is 1.97. The second-order valence-corrected chi connectivity index (χ2v) is 4.59. The van der Waals surface area contributed by atoms with E-state index in [0.717, 1.165) is 0 Å². The maximum Gasteiger partial charge on any atom is 0.175 e. The van der Waals surface area contributed by atoms with Crippen LogP contribution in [-0.2, 0) is 0 Å². The maximum absolute atomic E-state index is 12.8. The lowest BCUT2D eigenvalue weighted by atomic mass is 10.3. The molecule has 0 bridgehead atoms. The van der Waals surface area contributed by atoms with E-state index < -0.39 is 11.6 Å². The molecular weight excluding hydrogens is 397 g/mol. The first kappa shape index (κ1) is 9.85. The lowest BCUT2D eigenvalue weighted by Crippen LogP contribution is -1.90. The third kappa shape index (κ3) is 1.92. The molecule has 0 aliphatic heterocycles. The summed E-state index contributed by atoms with van der Waals surface area (Å²) in [6, 6.07) is 1.50. The van der Waals surface area contributed by atoms with E-state index in [9.17, 15) is 8.78 Å². The Morgan fingerprint density at radius 1 is 1.18 bits per heavy atom. The summed E-state index contributed by atoms with van der Waals surface area (Å²) >= 11 is 7.72. The topological polar surface area (TPSA) is 0 Å². The molecule has 0 atom stereocenters. The zero-order chi connectivity index (χ0) is 8.59. The fourth-order valence-corrected chi connectivity index (χ4v) is 2.21. The van der Waals surface area contributed by atoms with Crippen LogP contribution in [0.2, 0.25) is 0 Å². The first-order chi connectivity index (χ1) is 5.04. The van der Waals surface area contributed by atoms with Crippen molar-refractivity contribution in [2.45, 2.75) is 0 Å². The van der Waals surface area contributed by atoms with Gasteiger partial charge in [0.2, 0.25) is 0 Å². The molecule has 60 valence electrons. The monoisotopic (exact) mass is 396 g/mol. The van der Waals surface area contributed by atoms with Crippen molar-refractivity contribution in [3.8, 4) is 0 Å². The zero-order valence-corrected chi connectivity index (χ0v) is 10.3. The molecule has 0 aliphatic rings. The average molecular weight is 398 g/mol. The van der Waals surface area contributed by atoms with E-state index in [0.29, 0.717) is 3.57 Å². The Morgan fingerprint density at radius 3 is 2.27 bits per heavy atom. The van der Waals surface area contributed by atoms with Crippen LogP contribution in [0.1, 0.15) is 0 Å². The highest BCUT2D eigenvalue weighted by Gasteiger charge is 2.13. The molecule has 0 amide bonds. The van der Waals surface area contributed by atoms with Crippen LogP contribution in [0, 0.1) is 15.2 Å². The van der Waals surface area contributed by atoms with Gasteiger partial charge in [0.25, 0.3) is 0 Å². The molecule has 0 spiro atoms. The summed E-state index contributed by atoms with van der Waals surface area (Å²) in [4.78, 5) is 0. The molecule has 0 saturated carbocycles. The Labute approximate surface area is 92.8 Å². The molecule has 0 aliphatic carbocycles. The van der Waals surface area contributed by atoms with Crippen LogP contribution >= 0.6 is 54.5 Å². The van der Waals surface area contributed by atoms with Crippen molar-refractivity contribution in [1.29, 1.82) is 0 Å². The van der Waals surface area contributed by atoms with Crippen LogP contribution < -0.4 is 0 Å². The standard InChI is InChI=1S/C6HBr2F2I/c7-2-1-3(11)4(8)6(10)5(2)9/h1H. The lowest BCUT2D eigenvalue weighted by Gasteiger charge is -2.00. The first-order valence-electron chi connectivity index (χ1n) is 2.52. The van der Waals surface area contributed by atoms with Crippen LogP contribution in [0.25, 0.3) is 0 Å². The molecule has 0 saturated heterocycles. The molecule has 0 unspecified atom stereocenters. The Hall–Kier alpha value is 0.770. The van der Waals surface area contributed by atoms with Gasteiger partial charge in [-0.1, -0.05) is 0 Å². The van der Waals surface area contributed by atoms with Crippen LogP contribution in [-0.4, -0.2) is 0 Å². The maximum atomic E-state index is 12.8. The summed E-state index contributed by atoms with van der Waals surface area (Å²) in [7, 11) is 0. The van der Waals surface area contributed by atoms with Crippen molar-refractivity contribution in [1.82, 2.24) is 0 Å². The largest absolute Gasteiger partial charge is 0.202 e. The van der Waals surface area contributed by atoms with Crippen LogP contribution in [0.3, 0.4) is 0 Å². The SMILES string of the molecule is Fc1c(Br)cc(I)c(Br)c1F. The van der Waals surface area contributed by atoms with Gasteiger partial charge in [-0.3, -0.25) is 0 Å². The normalized spacial score (nSPS) is 10.3. The summed E-state index contributed by atoms with van der Waals surface area (Å²) in [5.74, 6) is -1.72. The molecule has 1 aromatic carbocycles. The minimum atomic E-state index is -0.864. The predicted octanol–water partition coefficient (Wildman–Crippen LogP) is 4.09. The van der Waals surface area contributed by atoms with Gasteiger partial charge in [-0.2, -0.15) is 0 Å². The summed E-state index contributed by atoms with van der Waals surface area (Å²) in [5.41, 5.74) is 0. The number of halogens is 5. The molecule has 0 fully saturated rings. The van der Waals surface area contributed by atoms with Gasteiger partial charge in [0, 0.05) is 3.57 Å². The fraction of sp³-hybridized carbons (Fsp3) is 0. The molecular formula is C6HBr2F2I. The van der Waals surface area contributed by atoms with Crippen molar-refractivity contribution in [3.05, 3.63) is 30.2 Å². The highest BCUT2D eigenvalue weighted by molar-refractivity contribution is 14.1. The van der Waals surface area contributed by atoms with Crippen molar-refractivity contribution in [3.63, 3.8) is 0 Å². The van der Waals surface area contributed by atoms with Crippen LogP contribution in [0.15, 0.2) is 15.0 Å². The van der Waals surface area contributed by atoms with E-state index in [1.807, 2.05) is 22.6 Å².